The van der Waals surface area contributed by atoms with Crippen LogP contribution in [0.5, 0.6) is 0 Å². The molecule has 0 aliphatic heterocycles. The molecule has 21 heavy (non-hydrogen) atoms. The van der Waals surface area contributed by atoms with Crippen molar-refractivity contribution >= 4 is 11.7 Å². The van der Waals surface area contributed by atoms with Crippen molar-refractivity contribution in [3.05, 3.63) is 47.8 Å². The lowest BCUT2D eigenvalue weighted by Crippen LogP contribution is -2.09. The number of nitrogens with zero attached hydrogens (tertiary/aromatic N) is 2. The van der Waals surface area contributed by atoms with Crippen LogP contribution in [0.15, 0.2) is 36.5 Å². The van der Waals surface area contributed by atoms with Gasteiger partial charge in [0.1, 0.15) is 6.61 Å². The first-order valence-corrected chi connectivity index (χ1v) is 7.12. The zero-order valence-corrected chi connectivity index (χ0v) is 12.5. The summed E-state index contributed by atoms with van der Waals surface area (Å²) >= 11 is 0. The van der Waals surface area contributed by atoms with Crippen LogP contribution in [0.3, 0.4) is 0 Å². The molecule has 0 fully saturated rings. The second-order valence-electron chi connectivity index (χ2n) is 5.13. The van der Waals surface area contributed by atoms with E-state index in [1.54, 1.807) is 12.1 Å². The van der Waals surface area contributed by atoms with E-state index in [2.05, 4.69) is 18.9 Å². The molecule has 0 amide bonds. The zero-order chi connectivity index (χ0) is 15.2. The fourth-order valence-corrected chi connectivity index (χ4v) is 1.96. The lowest BCUT2D eigenvalue weighted by atomic mass is 10.1. The molecule has 1 atom stereocenters. The second kappa shape index (κ2) is 6.92. The van der Waals surface area contributed by atoms with Crippen molar-refractivity contribution in [1.82, 2.24) is 9.78 Å². The van der Waals surface area contributed by atoms with Gasteiger partial charge in [-0.15, -0.1) is 0 Å². The third-order valence-electron chi connectivity index (χ3n) is 3.39. The van der Waals surface area contributed by atoms with E-state index >= 15 is 0 Å². The Kier molecular flexibility index (Phi) is 4.98. The third-order valence-corrected chi connectivity index (χ3v) is 3.39. The fraction of sp³-hybridized carbons (Fsp3) is 0.375. The lowest BCUT2D eigenvalue weighted by molar-refractivity contribution is -0.144. The van der Waals surface area contributed by atoms with Gasteiger partial charge in [-0.05, 0) is 37.1 Å². The van der Waals surface area contributed by atoms with Gasteiger partial charge in [-0.2, -0.15) is 5.10 Å². The Morgan fingerprint density at radius 2 is 2.24 bits per heavy atom. The standard InChI is InChI=1S/C16H21N3O2/c1-3-12(2)19-8-7-15(18-19)11-21-16(20)10-13-5-4-6-14(17)9-13/h4-9,12H,3,10-11,17H2,1-2H3. The van der Waals surface area contributed by atoms with Crippen molar-refractivity contribution in [1.29, 1.82) is 0 Å². The second-order valence-corrected chi connectivity index (χ2v) is 5.13. The molecule has 2 N–H and O–H groups in total. The summed E-state index contributed by atoms with van der Waals surface area (Å²) in [5.74, 6) is -0.279. The summed E-state index contributed by atoms with van der Waals surface area (Å²) in [5, 5.41) is 4.39. The highest BCUT2D eigenvalue weighted by atomic mass is 16.5. The van der Waals surface area contributed by atoms with Gasteiger partial charge in [-0.25, -0.2) is 0 Å². The molecular formula is C16H21N3O2. The molecule has 1 unspecified atom stereocenters. The minimum atomic E-state index is -0.279. The van der Waals surface area contributed by atoms with Crippen LogP contribution in [-0.4, -0.2) is 15.7 Å². The smallest absolute Gasteiger partial charge is 0.310 e. The molecule has 1 aromatic carbocycles. The highest BCUT2D eigenvalue weighted by Gasteiger charge is 2.08. The molecule has 2 rings (SSSR count). The number of nitrogen functional groups attached to an aromatic ring is 1. The maximum absolute atomic E-state index is 11.8. The van der Waals surface area contributed by atoms with Crippen LogP contribution in [0.4, 0.5) is 5.69 Å². The number of anilines is 1. The third kappa shape index (κ3) is 4.34. The van der Waals surface area contributed by atoms with E-state index in [0.29, 0.717) is 11.7 Å². The zero-order valence-electron chi connectivity index (χ0n) is 12.5. The number of esters is 1. The minimum absolute atomic E-state index is 0.199. The van der Waals surface area contributed by atoms with E-state index in [0.717, 1.165) is 17.7 Å². The van der Waals surface area contributed by atoms with Crippen molar-refractivity contribution in [3.63, 3.8) is 0 Å². The summed E-state index contributed by atoms with van der Waals surface area (Å²) in [4.78, 5) is 11.8. The van der Waals surface area contributed by atoms with E-state index < -0.39 is 0 Å². The van der Waals surface area contributed by atoms with Gasteiger partial charge in [0, 0.05) is 17.9 Å². The molecule has 0 radical (unpaired) electrons. The predicted molar refractivity (Wildman–Crippen MR) is 81.6 cm³/mol. The van der Waals surface area contributed by atoms with E-state index in [9.17, 15) is 4.79 Å². The van der Waals surface area contributed by atoms with Crippen molar-refractivity contribution in [3.8, 4) is 0 Å². The molecule has 0 saturated heterocycles. The van der Waals surface area contributed by atoms with Crippen molar-refractivity contribution in [2.24, 2.45) is 0 Å². The summed E-state index contributed by atoms with van der Waals surface area (Å²) in [5.41, 5.74) is 7.94. The summed E-state index contributed by atoms with van der Waals surface area (Å²) < 4.78 is 7.13. The van der Waals surface area contributed by atoms with Gasteiger partial charge < -0.3 is 10.5 Å². The Bertz CT molecular complexity index is 607. The van der Waals surface area contributed by atoms with E-state index in [1.165, 1.54) is 0 Å². The van der Waals surface area contributed by atoms with Gasteiger partial charge in [-0.1, -0.05) is 19.1 Å². The van der Waals surface area contributed by atoms with Crippen LogP contribution in [0.25, 0.3) is 0 Å². The van der Waals surface area contributed by atoms with Crippen LogP contribution < -0.4 is 5.73 Å². The number of carbonyl (C=O) groups is 1. The molecule has 112 valence electrons. The average Bonchev–Trinajstić information content (AvgIpc) is 2.93. The lowest BCUT2D eigenvalue weighted by Gasteiger charge is -2.08. The highest BCUT2D eigenvalue weighted by molar-refractivity contribution is 5.73. The Hall–Kier alpha value is -2.30. The molecule has 5 heteroatoms. The first-order valence-electron chi connectivity index (χ1n) is 7.12. The van der Waals surface area contributed by atoms with E-state index in [-0.39, 0.29) is 19.0 Å². The number of ether oxygens (including phenoxy) is 1. The SMILES string of the molecule is CCC(C)n1ccc(COC(=O)Cc2cccc(N)c2)n1. The average molecular weight is 287 g/mol. The van der Waals surface area contributed by atoms with Crippen LogP contribution in [0.2, 0.25) is 0 Å². The van der Waals surface area contributed by atoms with Gasteiger partial charge in [0.15, 0.2) is 0 Å². The summed E-state index contributed by atoms with van der Waals surface area (Å²) in [7, 11) is 0. The fourth-order valence-electron chi connectivity index (χ4n) is 1.96. The first-order chi connectivity index (χ1) is 10.1. The van der Waals surface area contributed by atoms with Gasteiger partial charge in [-0.3, -0.25) is 9.48 Å². The van der Waals surface area contributed by atoms with E-state index in [1.807, 2.05) is 29.1 Å². The number of carbonyl (C=O) groups excluding carboxylic acids is 1. The molecule has 1 heterocycles. The Labute approximate surface area is 124 Å². The maximum Gasteiger partial charge on any atom is 0.310 e. The number of hydrogen-bond acceptors (Lipinski definition) is 4. The highest BCUT2D eigenvalue weighted by Crippen LogP contribution is 2.11. The van der Waals surface area contributed by atoms with Crippen LogP contribution in [-0.2, 0) is 22.6 Å². The Morgan fingerprint density at radius 3 is 2.95 bits per heavy atom. The van der Waals surface area contributed by atoms with Gasteiger partial charge in [0.25, 0.3) is 0 Å². The first kappa shape index (κ1) is 15.1. The van der Waals surface area contributed by atoms with Crippen LogP contribution in [0.1, 0.15) is 37.6 Å². The molecule has 0 aliphatic carbocycles. The Morgan fingerprint density at radius 1 is 1.43 bits per heavy atom. The maximum atomic E-state index is 11.8. The number of hydrogen-bond donors (Lipinski definition) is 1. The normalized spacial score (nSPS) is 12.1. The summed E-state index contributed by atoms with van der Waals surface area (Å²) in [6, 6.07) is 9.47. The molecule has 0 bridgehead atoms. The molecule has 0 saturated carbocycles. The minimum Gasteiger partial charge on any atom is -0.459 e. The Balaban J connectivity index is 1.85. The van der Waals surface area contributed by atoms with Crippen molar-refractivity contribution < 1.29 is 9.53 Å². The molecule has 1 aromatic heterocycles. The summed E-state index contributed by atoms with van der Waals surface area (Å²) in [6.45, 7) is 4.41. The molecule has 0 aliphatic rings. The van der Waals surface area contributed by atoms with Crippen molar-refractivity contribution in [2.75, 3.05) is 5.73 Å². The number of nitrogens with two attached hydrogens (primary N) is 1. The number of benzene rings is 1. The number of rotatable bonds is 6. The molecular weight excluding hydrogens is 266 g/mol. The van der Waals surface area contributed by atoms with Crippen LogP contribution >= 0.6 is 0 Å². The van der Waals surface area contributed by atoms with Crippen LogP contribution in [0, 0.1) is 0 Å². The molecule has 0 spiro atoms. The quantitative estimate of drug-likeness (QED) is 0.655. The molecule has 2 aromatic rings. The largest absolute Gasteiger partial charge is 0.459 e. The van der Waals surface area contributed by atoms with Gasteiger partial charge >= 0.3 is 5.97 Å². The van der Waals surface area contributed by atoms with Crippen molar-refractivity contribution in [2.45, 2.75) is 39.3 Å². The van der Waals surface area contributed by atoms with Gasteiger partial charge in [0.2, 0.25) is 0 Å². The molecule has 5 nitrogen and oxygen atoms in total. The monoisotopic (exact) mass is 287 g/mol. The summed E-state index contributed by atoms with van der Waals surface area (Å²) in [6.07, 6.45) is 3.14. The van der Waals surface area contributed by atoms with E-state index in [4.69, 9.17) is 10.5 Å². The van der Waals surface area contributed by atoms with Gasteiger partial charge in [0.05, 0.1) is 12.1 Å². The topological polar surface area (TPSA) is 70.1 Å². The predicted octanol–water partition coefficient (Wildman–Crippen LogP) is 2.72. The number of aromatic nitrogens is 2.